The second kappa shape index (κ2) is 7.99. The molecular formula is C17H19F2N3O3S2. The van der Waals surface area contributed by atoms with Crippen LogP contribution in [0.25, 0.3) is 0 Å². The number of benzene rings is 1. The van der Waals surface area contributed by atoms with E-state index in [-0.39, 0.29) is 29.8 Å². The van der Waals surface area contributed by atoms with E-state index in [1.807, 2.05) is 12.3 Å². The van der Waals surface area contributed by atoms with Crippen LogP contribution in [0, 0.1) is 24.5 Å². The average molecular weight is 415 g/mol. The number of amides is 1. The predicted octanol–water partition coefficient (Wildman–Crippen LogP) is 2.45. The highest BCUT2D eigenvalue weighted by Crippen LogP contribution is 2.25. The lowest BCUT2D eigenvalue weighted by Crippen LogP contribution is -2.42. The Morgan fingerprint density at radius 1 is 1.30 bits per heavy atom. The van der Waals surface area contributed by atoms with Crippen molar-refractivity contribution in [1.29, 1.82) is 0 Å². The van der Waals surface area contributed by atoms with E-state index in [4.69, 9.17) is 0 Å². The van der Waals surface area contributed by atoms with Gasteiger partial charge < -0.3 is 5.32 Å². The van der Waals surface area contributed by atoms with E-state index in [1.54, 1.807) is 0 Å². The number of carbonyl (C=O) groups excluding carboxylic acids is 1. The van der Waals surface area contributed by atoms with E-state index >= 15 is 0 Å². The minimum absolute atomic E-state index is 0.132. The van der Waals surface area contributed by atoms with Gasteiger partial charge in [0.2, 0.25) is 15.9 Å². The van der Waals surface area contributed by atoms with Gasteiger partial charge in [0.1, 0.15) is 5.01 Å². The molecule has 1 aromatic heterocycles. The molecule has 0 saturated carbocycles. The summed E-state index contributed by atoms with van der Waals surface area (Å²) in [5.74, 6) is -2.72. The Morgan fingerprint density at radius 2 is 2.00 bits per heavy atom. The topological polar surface area (TPSA) is 79.4 Å². The fraction of sp³-hybridized carbons (Fsp3) is 0.412. The summed E-state index contributed by atoms with van der Waals surface area (Å²) in [5.41, 5.74) is 0.903. The van der Waals surface area contributed by atoms with Gasteiger partial charge in [-0.15, -0.1) is 11.3 Å². The first-order valence-corrected chi connectivity index (χ1v) is 10.7. The maximum atomic E-state index is 13.4. The van der Waals surface area contributed by atoms with Crippen molar-refractivity contribution < 1.29 is 22.0 Å². The van der Waals surface area contributed by atoms with Crippen molar-refractivity contribution in [3.63, 3.8) is 0 Å². The van der Waals surface area contributed by atoms with E-state index in [0.717, 1.165) is 22.8 Å². The van der Waals surface area contributed by atoms with Crippen LogP contribution < -0.4 is 5.32 Å². The van der Waals surface area contributed by atoms with Crippen LogP contribution >= 0.6 is 11.3 Å². The standard InChI is InChI=1S/C17H19F2N3O3S2/c1-11-10-26-16(21-11)9-20-17(23)12-4-6-22(7-5-12)27(24,25)13-2-3-14(18)15(19)8-13/h2-3,8,10,12H,4-7,9H2,1H3,(H,20,23). The van der Waals surface area contributed by atoms with Crippen molar-refractivity contribution in [3.8, 4) is 0 Å². The summed E-state index contributed by atoms with van der Waals surface area (Å²) in [6.45, 7) is 2.53. The Kier molecular flexibility index (Phi) is 5.87. The predicted molar refractivity (Wildman–Crippen MR) is 96.5 cm³/mol. The van der Waals surface area contributed by atoms with Crippen LogP contribution in [0.2, 0.25) is 0 Å². The molecule has 1 saturated heterocycles. The maximum Gasteiger partial charge on any atom is 0.243 e. The molecule has 2 aromatic rings. The van der Waals surface area contributed by atoms with Crippen LogP contribution in [0.4, 0.5) is 8.78 Å². The van der Waals surface area contributed by atoms with Gasteiger partial charge in [0.25, 0.3) is 0 Å². The number of nitrogens with one attached hydrogen (secondary N) is 1. The molecule has 146 valence electrons. The minimum Gasteiger partial charge on any atom is -0.349 e. The first kappa shape index (κ1) is 19.8. The lowest BCUT2D eigenvalue weighted by molar-refractivity contribution is -0.126. The summed E-state index contributed by atoms with van der Waals surface area (Å²) in [6.07, 6.45) is 0.733. The van der Waals surface area contributed by atoms with E-state index in [2.05, 4.69) is 10.3 Å². The third-order valence-electron chi connectivity index (χ3n) is 4.43. The summed E-state index contributed by atoms with van der Waals surface area (Å²) in [7, 11) is -3.92. The van der Waals surface area contributed by atoms with Crippen molar-refractivity contribution >= 4 is 27.3 Å². The molecule has 1 aromatic carbocycles. The summed E-state index contributed by atoms with van der Waals surface area (Å²) in [4.78, 5) is 16.3. The summed E-state index contributed by atoms with van der Waals surface area (Å²) in [5, 5.41) is 5.56. The van der Waals surface area contributed by atoms with E-state index in [0.29, 0.717) is 25.5 Å². The molecule has 0 unspecified atom stereocenters. The third-order valence-corrected chi connectivity index (χ3v) is 7.30. The fourth-order valence-electron chi connectivity index (χ4n) is 2.94. The number of halogens is 2. The number of hydrogen-bond acceptors (Lipinski definition) is 5. The Hall–Kier alpha value is -1.91. The number of aryl methyl sites for hydroxylation is 1. The van der Waals surface area contributed by atoms with Gasteiger partial charge in [-0.1, -0.05) is 0 Å². The highest BCUT2D eigenvalue weighted by atomic mass is 32.2. The van der Waals surface area contributed by atoms with Gasteiger partial charge in [0.15, 0.2) is 11.6 Å². The lowest BCUT2D eigenvalue weighted by atomic mass is 9.97. The first-order valence-electron chi connectivity index (χ1n) is 8.41. The molecule has 0 spiro atoms. The largest absolute Gasteiger partial charge is 0.349 e. The molecule has 3 rings (SSSR count). The quantitative estimate of drug-likeness (QED) is 0.814. The third kappa shape index (κ3) is 4.50. The zero-order chi connectivity index (χ0) is 19.6. The molecule has 27 heavy (non-hydrogen) atoms. The maximum absolute atomic E-state index is 13.4. The zero-order valence-corrected chi connectivity index (χ0v) is 16.2. The zero-order valence-electron chi connectivity index (χ0n) is 14.6. The van der Waals surface area contributed by atoms with E-state index in [9.17, 15) is 22.0 Å². The Bertz CT molecular complexity index is 939. The van der Waals surface area contributed by atoms with E-state index in [1.165, 1.54) is 15.6 Å². The first-order chi connectivity index (χ1) is 12.8. The lowest BCUT2D eigenvalue weighted by Gasteiger charge is -2.30. The molecule has 0 atom stereocenters. The SMILES string of the molecule is Cc1csc(CNC(=O)C2CCN(S(=O)(=O)c3ccc(F)c(F)c3)CC2)n1. The Morgan fingerprint density at radius 3 is 2.59 bits per heavy atom. The number of sulfonamides is 1. The van der Waals surface area contributed by atoms with Crippen molar-refractivity contribution in [2.75, 3.05) is 13.1 Å². The van der Waals surface area contributed by atoms with E-state index < -0.39 is 21.7 Å². The molecule has 1 N–H and O–H groups in total. The van der Waals surface area contributed by atoms with Gasteiger partial charge in [-0.05, 0) is 38.0 Å². The second-order valence-electron chi connectivity index (χ2n) is 6.35. The molecule has 1 aliphatic rings. The van der Waals surface area contributed by atoms with Gasteiger partial charge in [-0.2, -0.15) is 4.31 Å². The van der Waals surface area contributed by atoms with Crippen LogP contribution in [0.1, 0.15) is 23.5 Å². The molecule has 1 amide bonds. The van der Waals surface area contributed by atoms with Gasteiger partial charge >= 0.3 is 0 Å². The number of piperidine rings is 1. The number of hydrogen-bond donors (Lipinski definition) is 1. The average Bonchev–Trinajstić information content (AvgIpc) is 3.07. The normalized spacial score (nSPS) is 16.4. The van der Waals surface area contributed by atoms with Crippen LogP contribution in [0.5, 0.6) is 0 Å². The molecule has 10 heteroatoms. The molecule has 1 fully saturated rings. The van der Waals surface area contributed by atoms with Gasteiger partial charge in [0, 0.05) is 30.1 Å². The highest BCUT2D eigenvalue weighted by Gasteiger charge is 2.32. The summed E-state index contributed by atoms with van der Waals surface area (Å²) in [6, 6.07) is 2.52. The van der Waals surface area contributed by atoms with Crippen molar-refractivity contribution in [2.24, 2.45) is 5.92 Å². The Labute approximate surface area is 160 Å². The molecule has 0 aliphatic carbocycles. The number of rotatable bonds is 5. The summed E-state index contributed by atoms with van der Waals surface area (Å²) >= 11 is 1.47. The molecular weight excluding hydrogens is 396 g/mol. The van der Waals surface area contributed by atoms with Gasteiger partial charge in [-0.25, -0.2) is 22.2 Å². The molecule has 1 aliphatic heterocycles. The number of nitrogens with zero attached hydrogens (tertiary/aromatic N) is 2. The second-order valence-corrected chi connectivity index (χ2v) is 9.24. The van der Waals surface area contributed by atoms with Crippen LogP contribution in [0.3, 0.4) is 0 Å². The van der Waals surface area contributed by atoms with Crippen LogP contribution in [0.15, 0.2) is 28.5 Å². The number of carbonyl (C=O) groups is 1. The molecule has 0 bridgehead atoms. The highest BCUT2D eigenvalue weighted by molar-refractivity contribution is 7.89. The Balaban J connectivity index is 1.57. The number of aromatic nitrogens is 1. The van der Waals surface area contributed by atoms with Crippen LogP contribution in [-0.2, 0) is 21.4 Å². The molecule has 2 heterocycles. The smallest absolute Gasteiger partial charge is 0.243 e. The molecule has 6 nitrogen and oxygen atoms in total. The van der Waals surface area contributed by atoms with Crippen molar-refractivity contribution in [3.05, 3.63) is 45.9 Å². The minimum atomic E-state index is -3.92. The van der Waals surface area contributed by atoms with Gasteiger partial charge in [-0.3, -0.25) is 4.79 Å². The fourth-order valence-corrected chi connectivity index (χ4v) is 5.13. The van der Waals surface area contributed by atoms with Gasteiger partial charge in [0.05, 0.1) is 11.4 Å². The molecule has 0 radical (unpaired) electrons. The van der Waals surface area contributed by atoms with Crippen molar-refractivity contribution in [1.82, 2.24) is 14.6 Å². The summed E-state index contributed by atoms with van der Waals surface area (Å²) < 4.78 is 52.7. The number of thiazole rings is 1. The van der Waals surface area contributed by atoms with Crippen molar-refractivity contribution in [2.45, 2.75) is 31.2 Å². The van der Waals surface area contributed by atoms with Crippen LogP contribution in [-0.4, -0.2) is 36.7 Å². The monoisotopic (exact) mass is 415 g/mol.